The number of H-pyrrole nitrogens is 1. The van der Waals surface area contributed by atoms with Crippen LogP contribution in [0.3, 0.4) is 0 Å². The molecule has 0 aromatic carbocycles. The topological polar surface area (TPSA) is 57.9 Å². The highest BCUT2D eigenvalue weighted by atomic mass is 15.3. The van der Waals surface area contributed by atoms with Gasteiger partial charge in [0.1, 0.15) is 0 Å². The molecule has 1 aromatic rings. The highest BCUT2D eigenvalue weighted by Gasteiger charge is 2.39. The van der Waals surface area contributed by atoms with Crippen LogP contribution in [0.15, 0.2) is 0 Å². The second-order valence-corrected chi connectivity index (χ2v) is 6.88. The maximum atomic E-state index is 6.04. The monoisotopic (exact) mass is 260 g/mol. The summed E-state index contributed by atoms with van der Waals surface area (Å²) in [5.41, 5.74) is 9.56. The van der Waals surface area contributed by atoms with Crippen LogP contribution in [0, 0.1) is 5.41 Å². The fourth-order valence-electron chi connectivity index (χ4n) is 4.43. The molecule has 2 aliphatic carbocycles. The molecule has 4 heteroatoms. The van der Waals surface area contributed by atoms with Crippen molar-refractivity contribution in [1.29, 1.82) is 0 Å². The van der Waals surface area contributed by atoms with Gasteiger partial charge >= 0.3 is 0 Å². The summed E-state index contributed by atoms with van der Waals surface area (Å²) in [6, 6.07) is 0.330. The van der Waals surface area contributed by atoms with E-state index in [0.29, 0.717) is 11.5 Å². The summed E-state index contributed by atoms with van der Waals surface area (Å²) >= 11 is 0. The fourth-order valence-corrected chi connectivity index (χ4v) is 4.43. The minimum atomic E-state index is 0.330. The molecule has 104 valence electrons. The van der Waals surface area contributed by atoms with Crippen LogP contribution in [0.2, 0.25) is 0 Å². The SMILES string of the molecule is NC1CCN(c2n[nH]c3c2CC2(CCCC2)CC3)C1. The zero-order valence-electron chi connectivity index (χ0n) is 11.6. The van der Waals surface area contributed by atoms with Crippen molar-refractivity contribution in [3.05, 3.63) is 11.3 Å². The third kappa shape index (κ3) is 1.88. The largest absolute Gasteiger partial charge is 0.353 e. The first-order valence-corrected chi connectivity index (χ1v) is 7.82. The molecule has 0 radical (unpaired) electrons. The molecule has 0 amide bonds. The van der Waals surface area contributed by atoms with E-state index >= 15 is 0 Å². The minimum Gasteiger partial charge on any atom is -0.353 e. The first-order chi connectivity index (χ1) is 9.26. The molecule has 2 heterocycles. The van der Waals surface area contributed by atoms with Crippen molar-refractivity contribution in [2.24, 2.45) is 11.1 Å². The van der Waals surface area contributed by atoms with E-state index in [4.69, 9.17) is 5.73 Å². The Morgan fingerprint density at radius 2 is 2.11 bits per heavy atom. The molecule has 2 fully saturated rings. The molecule has 1 saturated heterocycles. The minimum absolute atomic E-state index is 0.330. The lowest BCUT2D eigenvalue weighted by molar-refractivity contribution is 0.254. The number of nitrogens with two attached hydrogens (primary N) is 1. The molecule has 3 aliphatic rings. The molecule has 4 nitrogen and oxygen atoms in total. The number of aromatic nitrogens is 2. The predicted molar refractivity (Wildman–Crippen MR) is 76.3 cm³/mol. The maximum absolute atomic E-state index is 6.04. The van der Waals surface area contributed by atoms with Gasteiger partial charge in [-0.15, -0.1) is 0 Å². The zero-order valence-corrected chi connectivity index (χ0v) is 11.6. The third-order valence-corrected chi connectivity index (χ3v) is 5.58. The lowest BCUT2D eigenvalue weighted by Crippen LogP contribution is -2.29. The zero-order chi connectivity index (χ0) is 12.9. The lowest BCUT2D eigenvalue weighted by atomic mass is 9.72. The molecule has 1 atom stereocenters. The van der Waals surface area contributed by atoms with Crippen LogP contribution in [-0.2, 0) is 12.8 Å². The number of hydrogen-bond donors (Lipinski definition) is 2. The Labute approximate surface area is 114 Å². The van der Waals surface area contributed by atoms with Gasteiger partial charge in [-0.25, -0.2) is 0 Å². The summed E-state index contributed by atoms with van der Waals surface area (Å²) in [6.45, 7) is 2.05. The van der Waals surface area contributed by atoms with Crippen LogP contribution in [0.1, 0.15) is 49.8 Å². The van der Waals surface area contributed by atoms with E-state index in [-0.39, 0.29) is 0 Å². The molecule has 1 saturated carbocycles. The number of nitrogens with one attached hydrogen (secondary N) is 1. The Morgan fingerprint density at radius 1 is 1.26 bits per heavy atom. The molecule has 1 unspecified atom stereocenters. The standard InChI is InChI=1S/C15H24N4/c16-11-4-8-19(10-11)14-12-9-15(5-1-2-6-15)7-3-13(12)17-18-14/h11H,1-10,16H2,(H,17,18). The van der Waals surface area contributed by atoms with Crippen molar-refractivity contribution in [3.8, 4) is 0 Å². The molecule has 4 rings (SSSR count). The van der Waals surface area contributed by atoms with E-state index < -0.39 is 0 Å². The summed E-state index contributed by atoms with van der Waals surface area (Å²) in [5, 5.41) is 7.91. The average molecular weight is 260 g/mol. The number of fused-ring (bicyclic) bond motifs is 1. The van der Waals surface area contributed by atoms with Crippen molar-refractivity contribution in [2.45, 2.75) is 57.4 Å². The normalized spacial score (nSPS) is 29.1. The average Bonchev–Trinajstić information content (AvgIpc) is 3.10. The second-order valence-electron chi connectivity index (χ2n) is 6.88. The van der Waals surface area contributed by atoms with E-state index in [9.17, 15) is 0 Å². The van der Waals surface area contributed by atoms with Crippen molar-refractivity contribution >= 4 is 5.82 Å². The summed E-state index contributed by atoms with van der Waals surface area (Å²) in [5.74, 6) is 1.22. The summed E-state index contributed by atoms with van der Waals surface area (Å²) in [4.78, 5) is 2.40. The van der Waals surface area contributed by atoms with Gasteiger partial charge in [0.15, 0.2) is 5.82 Å². The number of aromatic amines is 1. The van der Waals surface area contributed by atoms with E-state index in [1.807, 2.05) is 0 Å². The Balaban J connectivity index is 1.63. The Hall–Kier alpha value is -1.03. The fraction of sp³-hybridized carbons (Fsp3) is 0.800. The summed E-state index contributed by atoms with van der Waals surface area (Å²) < 4.78 is 0. The van der Waals surface area contributed by atoms with E-state index in [1.165, 1.54) is 62.0 Å². The highest BCUT2D eigenvalue weighted by Crippen LogP contribution is 2.49. The molecule has 0 bridgehead atoms. The van der Waals surface area contributed by atoms with Crippen LogP contribution in [-0.4, -0.2) is 29.3 Å². The van der Waals surface area contributed by atoms with Gasteiger partial charge in [0.2, 0.25) is 0 Å². The van der Waals surface area contributed by atoms with Crippen LogP contribution >= 0.6 is 0 Å². The van der Waals surface area contributed by atoms with Gasteiger partial charge in [-0.1, -0.05) is 12.8 Å². The summed E-state index contributed by atoms with van der Waals surface area (Å²) in [6.07, 6.45) is 10.6. The third-order valence-electron chi connectivity index (χ3n) is 5.58. The van der Waals surface area contributed by atoms with Crippen molar-refractivity contribution in [1.82, 2.24) is 10.2 Å². The second kappa shape index (κ2) is 4.23. The van der Waals surface area contributed by atoms with Crippen molar-refractivity contribution in [2.75, 3.05) is 18.0 Å². The molecule has 1 aliphatic heterocycles. The molecule has 1 spiro atoms. The van der Waals surface area contributed by atoms with Gasteiger partial charge in [-0.3, -0.25) is 5.10 Å². The number of hydrogen-bond acceptors (Lipinski definition) is 3. The quantitative estimate of drug-likeness (QED) is 0.812. The van der Waals surface area contributed by atoms with Gasteiger partial charge in [0, 0.05) is 30.4 Å². The first kappa shape index (κ1) is 11.8. The Bertz CT molecular complexity index is 472. The molecular weight excluding hydrogens is 236 g/mol. The Kier molecular flexibility index (Phi) is 2.62. The van der Waals surface area contributed by atoms with Crippen LogP contribution in [0.4, 0.5) is 5.82 Å². The number of aryl methyl sites for hydroxylation is 1. The van der Waals surface area contributed by atoms with Gasteiger partial charge in [-0.05, 0) is 43.9 Å². The Morgan fingerprint density at radius 3 is 2.84 bits per heavy atom. The van der Waals surface area contributed by atoms with Gasteiger partial charge in [0.25, 0.3) is 0 Å². The molecule has 3 N–H and O–H groups in total. The van der Waals surface area contributed by atoms with E-state index in [0.717, 1.165) is 19.5 Å². The van der Waals surface area contributed by atoms with E-state index in [1.54, 1.807) is 0 Å². The van der Waals surface area contributed by atoms with Gasteiger partial charge in [0.05, 0.1) is 0 Å². The number of nitrogens with zero attached hydrogens (tertiary/aromatic N) is 2. The van der Waals surface area contributed by atoms with Gasteiger partial charge < -0.3 is 10.6 Å². The summed E-state index contributed by atoms with van der Waals surface area (Å²) in [7, 11) is 0. The first-order valence-electron chi connectivity index (χ1n) is 7.82. The number of anilines is 1. The van der Waals surface area contributed by atoms with Crippen molar-refractivity contribution in [3.63, 3.8) is 0 Å². The molecule has 1 aromatic heterocycles. The molecule has 19 heavy (non-hydrogen) atoms. The van der Waals surface area contributed by atoms with Crippen LogP contribution in [0.25, 0.3) is 0 Å². The van der Waals surface area contributed by atoms with Crippen molar-refractivity contribution < 1.29 is 0 Å². The highest BCUT2D eigenvalue weighted by molar-refractivity contribution is 5.52. The molecular formula is C15H24N4. The maximum Gasteiger partial charge on any atom is 0.153 e. The predicted octanol–water partition coefficient (Wildman–Crippen LogP) is 2.00. The van der Waals surface area contributed by atoms with Crippen LogP contribution < -0.4 is 10.6 Å². The lowest BCUT2D eigenvalue weighted by Gasteiger charge is -2.34. The smallest absolute Gasteiger partial charge is 0.153 e. The van der Waals surface area contributed by atoms with E-state index in [2.05, 4.69) is 15.1 Å². The van der Waals surface area contributed by atoms with Gasteiger partial charge in [-0.2, -0.15) is 5.10 Å². The van der Waals surface area contributed by atoms with Crippen LogP contribution in [0.5, 0.6) is 0 Å². The number of rotatable bonds is 1.